The van der Waals surface area contributed by atoms with E-state index in [0.717, 1.165) is 49.5 Å². The van der Waals surface area contributed by atoms with Crippen molar-refractivity contribution in [2.45, 2.75) is 0 Å². The highest BCUT2D eigenvalue weighted by Gasteiger charge is 2.14. The standard InChI is InChI=1S/C26H25ClN8O2.ClH/c27-18-14-16(23(36)32-19-1-5-21(6-2-19)34-25-28-9-10-29-25)13-17(15-18)24(37)33-20-3-7-22(8-4-20)35-26-30-11-12-31-26;/h1-8,13-15H,9-12H2,(H,32,36)(H,33,37)(H2,28,29,34)(H2,30,31,35);1H. The van der Waals surface area contributed by atoms with E-state index in [1.165, 1.54) is 18.2 Å². The lowest BCUT2D eigenvalue weighted by molar-refractivity contribution is 0.102. The third-order valence-electron chi connectivity index (χ3n) is 5.58. The molecule has 2 aliphatic heterocycles. The zero-order chi connectivity index (χ0) is 25.6. The highest BCUT2D eigenvalue weighted by atomic mass is 35.5. The Morgan fingerprint density at radius 3 is 1.42 bits per heavy atom. The first-order valence-corrected chi connectivity index (χ1v) is 12.1. The number of halogens is 2. The van der Waals surface area contributed by atoms with Crippen LogP contribution in [0.3, 0.4) is 0 Å². The van der Waals surface area contributed by atoms with Crippen molar-refractivity contribution in [1.29, 1.82) is 0 Å². The molecule has 5 rings (SSSR count). The maximum absolute atomic E-state index is 12.9. The molecule has 3 aromatic carbocycles. The van der Waals surface area contributed by atoms with Gasteiger partial charge >= 0.3 is 0 Å². The summed E-state index contributed by atoms with van der Waals surface area (Å²) >= 11 is 6.24. The van der Waals surface area contributed by atoms with E-state index in [1.807, 2.05) is 24.3 Å². The molecule has 0 atom stereocenters. The van der Waals surface area contributed by atoms with Gasteiger partial charge in [-0.25, -0.2) is 0 Å². The van der Waals surface area contributed by atoms with E-state index in [1.54, 1.807) is 24.3 Å². The molecule has 6 N–H and O–H groups in total. The van der Waals surface area contributed by atoms with Crippen LogP contribution in [0.15, 0.2) is 76.7 Å². The summed E-state index contributed by atoms with van der Waals surface area (Å²) in [6, 6.07) is 19.0. The van der Waals surface area contributed by atoms with E-state index in [0.29, 0.717) is 11.4 Å². The fraction of sp³-hybridized carbons (Fsp3) is 0.154. The number of hydrogen-bond acceptors (Lipinski definition) is 8. The van der Waals surface area contributed by atoms with Crippen molar-refractivity contribution >= 4 is 70.5 Å². The van der Waals surface area contributed by atoms with Crippen molar-refractivity contribution < 1.29 is 9.59 Å². The summed E-state index contributed by atoms with van der Waals surface area (Å²) in [5, 5.41) is 18.6. The predicted molar refractivity (Wildman–Crippen MR) is 155 cm³/mol. The van der Waals surface area contributed by atoms with Gasteiger partial charge in [-0.1, -0.05) is 11.6 Å². The van der Waals surface area contributed by atoms with Crippen molar-refractivity contribution in [3.8, 4) is 0 Å². The topological polar surface area (TPSA) is 131 Å². The van der Waals surface area contributed by atoms with Crippen LogP contribution in [-0.4, -0.2) is 49.9 Å². The number of nitrogens with zero attached hydrogens (tertiary/aromatic N) is 2. The molecule has 0 radical (unpaired) electrons. The molecule has 3 aromatic rings. The number of guanidine groups is 2. The summed E-state index contributed by atoms with van der Waals surface area (Å²) in [5.74, 6) is 0.701. The minimum atomic E-state index is -0.377. The average Bonchev–Trinajstić information content (AvgIpc) is 3.61. The summed E-state index contributed by atoms with van der Waals surface area (Å²) in [5.41, 5.74) is 3.45. The van der Waals surface area contributed by atoms with E-state index < -0.39 is 0 Å². The van der Waals surface area contributed by atoms with Gasteiger partial charge in [-0.2, -0.15) is 0 Å². The number of anilines is 4. The number of benzene rings is 3. The number of carbonyl (C=O) groups excluding carboxylic acids is 2. The Kier molecular flexibility index (Phi) is 8.67. The number of rotatable bonds is 6. The lowest BCUT2D eigenvalue weighted by Crippen LogP contribution is -2.26. The molecular formula is C26H26Cl2N8O2. The Balaban J connectivity index is 0.00000336. The second kappa shape index (κ2) is 12.3. The van der Waals surface area contributed by atoms with Gasteiger partial charge in [0.2, 0.25) is 0 Å². The quantitative estimate of drug-likeness (QED) is 0.274. The van der Waals surface area contributed by atoms with Crippen LogP contribution < -0.4 is 31.9 Å². The molecule has 0 bridgehead atoms. The molecule has 0 fully saturated rings. The maximum Gasteiger partial charge on any atom is 0.255 e. The molecule has 0 aliphatic carbocycles. The van der Waals surface area contributed by atoms with Crippen LogP contribution in [0.2, 0.25) is 5.02 Å². The van der Waals surface area contributed by atoms with E-state index in [9.17, 15) is 9.59 Å². The molecule has 0 unspecified atom stereocenters. The zero-order valence-electron chi connectivity index (χ0n) is 20.2. The molecule has 12 heteroatoms. The van der Waals surface area contributed by atoms with Gasteiger partial charge in [-0.05, 0) is 66.7 Å². The Labute approximate surface area is 230 Å². The van der Waals surface area contributed by atoms with Crippen molar-refractivity contribution in [2.24, 2.45) is 9.98 Å². The number of carbonyl (C=O) groups is 2. The van der Waals surface area contributed by atoms with E-state index in [2.05, 4.69) is 41.9 Å². The zero-order valence-corrected chi connectivity index (χ0v) is 21.7. The molecule has 2 aliphatic rings. The van der Waals surface area contributed by atoms with Crippen LogP contribution in [0.25, 0.3) is 0 Å². The van der Waals surface area contributed by atoms with E-state index in [-0.39, 0.29) is 40.4 Å². The summed E-state index contributed by atoms with van der Waals surface area (Å²) in [6.07, 6.45) is 0. The first-order chi connectivity index (χ1) is 18.0. The fourth-order valence-corrected chi connectivity index (χ4v) is 4.00. The third kappa shape index (κ3) is 6.93. The van der Waals surface area contributed by atoms with Crippen molar-refractivity contribution in [2.75, 3.05) is 47.4 Å². The van der Waals surface area contributed by atoms with Crippen LogP contribution in [-0.2, 0) is 0 Å². The molecule has 0 saturated heterocycles. The molecule has 0 aromatic heterocycles. The summed E-state index contributed by atoms with van der Waals surface area (Å²) in [6.45, 7) is 3.12. The number of nitrogens with one attached hydrogen (secondary N) is 6. The van der Waals surface area contributed by atoms with Gasteiger partial charge in [0.05, 0.1) is 13.1 Å². The van der Waals surface area contributed by atoms with Gasteiger partial charge in [0.1, 0.15) is 0 Å². The minimum Gasteiger partial charge on any atom is -0.354 e. The highest BCUT2D eigenvalue weighted by molar-refractivity contribution is 6.31. The largest absolute Gasteiger partial charge is 0.354 e. The van der Waals surface area contributed by atoms with Gasteiger partial charge in [0.25, 0.3) is 11.8 Å². The van der Waals surface area contributed by atoms with Crippen LogP contribution in [0.1, 0.15) is 20.7 Å². The smallest absolute Gasteiger partial charge is 0.255 e. The van der Waals surface area contributed by atoms with E-state index >= 15 is 0 Å². The normalized spacial score (nSPS) is 13.7. The SMILES string of the molecule is Cl.O=C(Nc1ccc(NC2=NCCN2)cc1)c1cc(Cl)cc(C(=O)Nc2ccc(NC3=NCCN3)cc2)c1. The molecular weight excluding hydrogens is 527 g/mol. The first kappa shape index (κ1) is 26.8. The number of amides is 2. The lowest BCUT2D eigenvalue weighted by Gasteiger charge is -2.11. The van der Waals surface area contributed by atoms with Crippen molar-refractivity contribution in [3.05, 3.63) is 82.9 Å². The summed E-state index contributed by atoms with van der Waals surface area (Å²) in [4.78, 5) is 34.3. The van der Waals surface area contributed by atoms with Gasteiger partial charge in [-0.15, -0.1) is 12.4 Å². The highest BCUT2D eigenvalue weighted by Crippen LogP contribution is 2.20. The van der Waals surface area contributed by atoms with Gasteiger partial charge in [0.15, 0.2) is 11.9 Å². The first-order valence-electron chi connectivity index (χ1n) is 11.8. The second-order valence-corrected chi connectivity index (χ2v) is 8.79. The van der Waals surface area contributed by atoms with Crippen LogP contribution in [0.4, 0.5) is 22.7 Å². The predicted octanol–water partition coefficient (Wildman–Crippen LogP) is 4.01. The Bertz CT molecular complexity index is 1270. The Morgan fingerprint density at radius 2 is 1.05 bits per heavy atom. The van der Waals surface area contributed by atoms with Crippen molar-refractivity contribution in [1.82, 2.24) is 10.6 Å². The van der Waals surface area contributed by atoms with Crippen LogP contribution in [0.5, 0.6) is 0 Å². The van der Waals surface area contributed by atoms with Crippen LogP contribution >= 0.6 is 24.0 Å². The molecule has 2 heterocycles. The lowest BCUT2D eigenvalue weighted by atomic mass is 10.1. The summed E-state index contributed by atoms with van der Waals surface area (Å²) in [7, 11) is 0. The van der Waals surface area contributed by atoms with Gasteiger partial charge in [0, 0.05) is 52.0 Å². The van der Waals surface area contributed by atoms with E-state index in [4.69, 9.17) is 11.6 Å². The molecule has 2 amide bonds. The Morgan fingerprint density at radius 1 is 0.658 bits per heavy atom. The molecule has 10 nitrogen and oxygen atoms in total. The monoisotopic (exact) mass is 552 g/mol. The third-order valence-corrected chi connectivity index (χ3v) is 5.80. The van der Waals surface area contributed by atoms with Gasteiger partial charge in [-0.3, -0.25) is 19.6 Å². The number of aliphatic imine (C=N–C) groups is 2. The Hall–Kier alpha value is -4.28. The second-order valence-electron chi connectivity index (χ2n) is 8.36. The molecule has 0 spiro atoms. The minimum absolute atomic E-state index is 0. The fourth-order valence-electron chi connectivity index (χ4n) is 3.77. The summed E-state index contributed by atoms with van der Waals surface area (Å²) < 4.78 is 0. The number of hydrogen-bond donors (Lipinski definition) is 6. The molecule has 38 heavy (non-hydrogen) atoms. The molecule has 196 valence electrons. The maximum atomic E-state index is 12.9. The van der Waals surface area contributed by atoms with Gasteiger partial charge < -0.3 is 31.9 Å². The average molecular weight is 553 g/mol. The van der Waals surface area contributed by atoms with Crippen molar-refractivity contribution in [3.63, 3.8) is 0 Å². The molecule has 0 saturated carbocycles. The van der Waals surface area contributed by atoms with Crippen LogP contribution in [0, 0.1) is 0 Å².